The minimum Gasteiger partial charge on any atom is -0.341 e. The van der Waals surface area contributed by atoms with Crippen molar-refractivity contribution >= 4 is 16.1 Å². The van der Waals surface area contributed by atoms with E-state index >= 15 is 0 Å². The van der Waals surface area contributed by atoms with Gasteiger partial charge in [0.1, 0.15) is 0 Å². The Morgan fingerprint density at radius 3 is 2.26 bits per heavy atom. The molecule has 1 aromatic rings. The van der Waals surface area contributed by atoms with Gasteiger partial charge in [-0.15, -0.1) is 0 Å². The van der Waals surface area contributed by atoms with E-state index in [2.05, 4.69) is 9.97 Å². The molecule has 0 aliphatic carbocycles. The Balaban J connectivity index is 1.87. The summed E-state index contributed by atoms with van der Waals surface area (Å²) in [5.41, 5.74) is 0.423. The molecule has 1 aliphatic heterocycles. The number of aryl methyl sites for hydroxylation is 1. The molecule has 2 rings (SSSR count). The Morgan fingerprint density at radius 2 is 1.78 bits per heavy atom. The first-order valence-corrected chi connectivity index (χ1v) is 8.81. The van der Waals surface area contributed by atoms with E-state index in [0.717, 1.165) is 0 Å². The number of hydrogen-bond donors (Lipinski definition) is 1. The molecule has 0 radical (unpaired) electrons. The molecule has 0 saturated carbocycles. The topological polar surface area (TPSA) is 83.4 Å². The largest absolute Gasteiger partial charge is 0.389 e. The molecular weight excluding hydrogens is 335 g/mol. The van der Waals surface area contributed by atoms with Crippen LogP contribution in [0.4, 0.5) is 19.1 Å². The molecular formula is C13H18F3N3O3S. The average molecular weight is 353 g/mol. The predicted molar refractivity (Wildman–Crippen MR) is 77.8 cm³/mol. The number of halogens is 3. The first-order valence-electron chi connectivity index (χ1n) is 7.20. The summed E-state index contributed by atoms with van der Waals surface area (Å²) in [6, 6.07) is 0. The van der Waals surface area contributed by atoms with Crippen LogP contribution in [0.5, 0.6) is 0 Å². The molecule has 6 nitrogen and oxygen atoms in total. The van der Waals surface area contributed by atoms with Gasteiger partial charge in [0.2, 0.25) is 5.95 Å². The number of piperidine rings is 1. The second-order valence-electron chi connectivity index (χ2n) is 5.69. The highest BCUT2D eigenvalue weighted by Gasteiger charge is 2.27. The molecule has 130 valence electrons. The van der Waals surface area contributed by atoms with Gasteiger partial charge in [-0.25, -0.2) is 9.97 Å². The standard InChI is InChI=1S/C13H18F3N3O3S/c14-13(15,16)4-1-11-7-17-12(18-8-11)19-5-2-10(3-6-19)9-23(20,21)22/h7-8,10H,1-6,9H2,(H,20,21,22). The van der Waals surface area contributed by atoms with Crippen molar-refractivity contribution in [2.75, 3.05) is 23.7 Å². The summed E-state index contributed by atoms with van der Waals surface area (Å²) >= 11 is 0. The van der Waals surface area contributed by atoms with E-state index < -0.39 is 22.7 Å². The Morgan fingerprint density at radius 1 is 1.22 bits per heavy atom. The van der Waals surface area contributed by atoms with Crippen molar-refractivity contribution in [2.24, 2.45) is 5.92 Å². The van der Waals surface area contributed by atoms with E-state index in [-0.39, 0.29) is 18.1 Å². The van der Waals surface area contributed by atoms with E-state index in [1.165, 1.54) is 12.4 Å². The maximum Gasteiger partial charge on any atom is 0.389 e. The summed E-state index contributed by atoms with van der Waals surface area (Å²) in [4.78, 5) is 10.0. The fraction of sp³-hybridized carbons (Fsp3) is 0.692. The van der Waals surface area contributed by atoms with Crippen LogP contribution in [-0.4, -0.2) is 48.0 Å². The van der Waals surface area contributed by atoms with Crippen molar-refractivity contribution in [1.29, 1.82) is 0 Å². The van der Waals surface area contributed by atoms with Gasteiger partial charge >= 0.3 is 6.18 Å². The lowest BCUT2D eigenvalue weighted by Crippen LogP contribution is -2.36. The second kappa shape index (κ2) is 7.00. The van der Waals surface area contributed by atoms with Crippen LogP contribution in [0.2, 0.25) is 0 Å². The van der Waals surface area contributed by atoms with Gasteiger partial charge in [0, 0.05) is 31.9 Å². The van der Waals surface area contributed by atoms with Crippen LogP contribution in [-0.2, 0) is 16.5 Å². The van der Waals surface area contributed by atoms with E-state index in [0.29, 0.717) is 37.4 Å². The van der Waals surface area contributed by atoms with Crippen LogP contribution in [0.1, 0.15) is 24.8 Å². The summed E-state index contributed by atoms with van der Waals surface area (Å²) in [6.45, 7) is 1.09. The van der Waals surface area contributed by atoms with Crippen molar-refractivity contribution in [3.63, 3.8) is 0 Å². The van der Waals surface area contributed by atoms with Crippen LogP contribution in [0.25, 0.3) is 0 Å². The van der Waals surface area contributed by atoms with Crippen LogP contribution in [0, 0.1) is 5.92 Å². The minimum absolute atomic E-state index is 0.104. The fourth-order valence-electron chi connectivity index (χ4n) is 2.52. The number of rotatable bonds is 5. The molecule has 23 heavy (non-hydrogen) atoms. The second-order valence-corrected chi connectivity index (χ2v) is 7.18. The van der Waals surface area contributed by atoms with Gasteiger partial charge in [-0.05, 0) is 30.7 Å². The quantitative estimate of drug-likeness (QED) is 0.816. The van der Waals surface area contributed by atoms with Gasteiger partial charge in [-0.1, -0.05) is 0 Å². The highest BCUT2D eigenvalue weighted by atomic mass is 32.2. The van der Waals surface area contributed by atoms with E-state index in [9.17, 15) is 21.6 Å². The molecule has 1 aromatic heterocycles. The van der Waals surface area contributed by atoms with Gasteiger partial charge in [-0.3, -0.25) is 4.55 Å². The predicted octanol–water partition coefficient (Wildman–Crippen LogP) is 2.08. The molecule has 1 saturated heterocycles. The Hall–Kier alpha value is -1.42. The van der Waals surface area contributed by atoms with E-state index in [4.69, 9.17) is 4.55 Å². The number of anilines is 1. The molecule has 1 aliphatic rings. The Bertz CT molecular complexity index is 612. The summed E-state index contributed by atoms with van der Waals surface area (Å²) in [7, 11) is -3.97. The lowest BCUT2D eigenvalue weighted by atomic mass is 9.99. The van der Waals surface area contributed by atoms with Crippen molar-refractivity contribution in [3.05, 3.63) is 18.0 Å². The maximum absolute atomic E-state index is 12.2. The molecule has 0 bridgehead atoms. The number of alkyl halides is 3. The van der Waals surface area contributed by atoms with Gasteiger partial charge < -0.3 is 4.90 Å². The maximum atomic E-state index is 12.2. The van der Waals surface area contributed by atoms with Crippen LogP contribution >= 0.6 is 0 Å². The third-order valence-corrected chi connectivity index (χ3v) is 4.63. The first kappa shape index (κ1) is 17.9. The molecule has 2 heterocycles. The third kappa shape index (κ3) is 6.30. The SMILES string of the molecule is O=S(=O)(O)CC1CCN(c2ncc(CCC(F)(F)F)cn2)CC1. The normalized spacial score (nSPS) is 17.5. The lowest BCUT2D eigenvalue weighted by molar-refractivity contribution is -0.134. The summed E-state index contributed by atoms with van der Waals surface area (Å²) < 4.78 is 67.0. The van der Waals surface area contributed by atoms with E-state index in [1.807, 2.05) is 4.90 Å². The third-order valence-electron chi connectivity index (χ3n) is 3.73. The van der Waals surface area contributed by atoms with Gasteiger partial charge in [0.15, 0.2) is 0 Å². The highest BCUT2D eigenvalue weighted by molar-refractivity contribution is 7.85. The summed E-state index contributed by atoms with van der Waals surface area (Å²) in [5, 5.41) is 0. The van der Waals surface area contributed by atoms with Crippen molar-refractivity contribution in [2.45, 2.75) is 31.9 Å². The number of nitrogens with zero attached hydrogens (tertiary/aromatic N) is 3. The van der Waals surface area contributed by atoms with Gasteiger partial charge in [0.05, 0.1) is 5.75 Å². The smallest absolute Gasteiger partial charge is 0.341 e. The molecule has 0 spiro atoms. The molecule has 1 fully saturated rings. The van der Waals surface area contributed by atoms with Crippen LogP contribution < -0.4 is 4.90 Å². The zero-order valence-corrected chi connectivity index (χ0v) is 13.1. The van der Waals surface area contributed by atoms with Crippen LogP contribution in [0.3, 0.4) is 0 Å². The first-order chi connectivity index (χ1) is 10.6. The molecule has 0 atom stereocenters. The fourth-order valence-corrected chi connectivity index (χ4v) is 3.45. The molecule has 0 unspecified atom stereocenters. The minimum atomic E-state index is -4.20. The monoisotopic (exact) mass is 353 g/mol. The van der Waals surface area contributed by atoms with Crippen LogP contribution in [0.15, 0.2) is 12.4 Å². The number of hydrogen-bond acceptors (Lipinski definition) is 5. The Kier molecular flexibility index (Phi) is 5.45. The average Bonchev–Trinajstić information content (AvgIpc) is 2.44. The molecule has 0 amide bonds. The lowest BCUT2D eigenvalue weighted by Gasteiger charge is -2.31. The van der Waals surface area contributed by atoms with Crippen molar-refractivity contribution in [1.82, 2.24) is 9.97 Å². The molecule has 10 heteroatoms. The van der Waals surface area contributed by atoms with Crippen molar-refractivity contribution in [3.8, 4) is 0 Å². The van der Waals surface area contributed by atoms with Gasteiger partial charge in [-0.2, -0.15) is 21.6 Å². The van der Waals surface area contributed by atoms with Crippen molar-refractivity contribution < 1.29 is 26.1 Å². The summed E-state index contributed by atoms with van der Waals surface area (Å²) in [6.07, 6.45) is -1.32. The zero-order valence-electron chi connectivity index (χ0n) is 12.3. The van der Waals surface area contributed by atoms with Gasteiger partial charge in [0.25, 0.3) is 10.1 Å². The summed E-state index contributed by atoms with van der Waals surface area (Å²) in [5.74, 6) is 0.0660. The van der Waals surface area contributed by atoms with E-state index in [1.54, 1.807) is 0 Å². The molecule has 1 N–H and O–H groups in total. The zero-order chi connectivity index (χ0) is 17.1. The highest BCUT2D eigenvalue weighted by Crippen LogP contribution is 2.23. The molecule has 0 aromatic carbocycles. The number of aromatic nitrogens is 2. The Labute approximate surface area is 132 Å².